The van der Waals surface area contributed by atoms with Crippen LogP contribution in [0.2, 0.25) is 0 Å². The molecule has 0 spiro atoms. The average Bonchev–Trinajstić information content (AvgIpc) is 3.25. The quantitative estimate of drug-likeness (QED) is 0.475. The summed E-state index contributed by atoms with van der Waals surface area (Å²) < 4.78 is 2.12. The first-order valence-electron chi connectivity index (χ1n) is 8.65. The van der Waals surface area contributed by atoms with Crippen LogP contribution < -0.4 is 5.32 Å². The van der Waals surface area contributed by atoms with Gasteiger partial charge in [-0.3, -0.25) is 14.5 Å². The lowest BCUT2D eigenvalue weighted by Crippen LogP contribution is -2.58. The van der Waals surface area contributed by atoms with Crippen molar-refractivity contribution < 1.29 is 9.59 Å². The Bertz CT molecular complexity index is 939. The zero-order valence-electron chi connectivity index (χ0n) is 14.6. The lowest BCUT2D eigenvalue weighted by molar-refractivity contribution is -0.140. The van der Waals surface area contributed by atoms with Gasteiger partial charge in [0.2, 0.25) is 11.8 Å². The van der Waals surface area contributed by atoms with Gasteiger partial charge in [0.15, 0.2) is 10.3 Å². The molecule has 1 fully saturated rings. The standard InChI is InChI=1S/C19H18N4O2S2/c1-2-8-23-17(25)13(16(24)21-18(23)26)11-14-15(12-6-4-3-5-7-12)20-19-22(14)9-10-27-19/h2-7,13H,1,8-11H2,(H,21,24,26). The van der Waals surface area contributed by atoms with E-state index in [4.69, 9.17) is 17.2 Å². The van der Waals surface area contributed by atoms with Crippen LogP contribution in [0.3, 0.4) is 0 Å². The topological polar surface area (TPSA) is 67.2 Å². The Labute approximate surface area is 166 Å². The molecule has 1 N–H and O–H groups in total. The minimum Gasteiger partial charge on any atom is -0.322 e. The lowest BCUT2D eigenvalue weighted by Gasteiger charge is -2.31. The summed E-state index contributed by atoms with van der Waals surface area (Å²) in [5.74, 6) is -0.526. The van der Waals surface area contributed by atoms with Crippen LogP contribution in [0.4, 0.5) is 0 Å². The molecule has 27 heavy (non-hydrogen) atoms. The predicted molar refractivity (Wildman–Crippen MR) is 108 cm³/mol. The summed E-state index contributed by atoms with van der Waals surface area (Å²) in [5.41, 5.74) is 2.74. The maximum absolute atomic E-state index is 12.9. The van der Waals surface area contributed by atoms with E-state index in [1.54, 1.807) is 17.8 Å². The van der Waals surface area contributed by atoms with Gasteiger partial charge in [-0.25, -0.2) is 4.98 Å². The van der Waals surface area contributed by atoms with Crippen LogP contribution in [0.1, 0.15) is 5.69 Å². The average molecular weight is 399 g/mol. The van der Waals surface area contributed by atoms with Crippen molar-refractivity contribution >= 4 is 40.9 Å². The molecule has 1 saturated heterocycles. The Morgan fingerprint density at radius 2 is 2.11 bits per heavy atom. The van der Waals surface area contributed by atoms with Gasteiger partial charge in [0.05, 0.1) is 5.69 Å². The van der Waals surface area contributed by atoms with Gasteiger partial charge in [0.1, 0.15) is 5.92 Å². The molecule has 138 valence electrons. The first kappa shape index (κ1) is 17.9. The Morgan fingerprint density at radius 3 is 2.85 bits per heavy atom. The minimum atomic E-state index is -0.828. The van der Waals surface area contributed by atoms with E-state index in [-0.39, 0.29) is 23.5 Å². The molecule has 6 nitrogen and oxygen atoms in total. The SMILES string of the molecule is C=CCN1C(=O)C(Cc2c(-c3ccccc3)nc3n2CCS3)C(=O)NC1=S. The Balaban J connectivity index is 1.72. The highest BCUT2D eigenvalue weighted by Gasteiger charge is 2.39. The van der Waals surface area contributed by atoms with Gasteiger partial charge in [-0.15, -0.1) is 6.58 Å². The van der Waals surface area contributed by atoms with Gasteiger partial charge < -0.3 is 9.88 Å². The molecule has 0 aliphatic carbocycles. The van der Waals surface area contributed by atoms with Crippen molar-refractivity contribution in [1.82, 2.24) is 19.8 Å². The van der Waals surface area contributed by atoms with Crippen molar-refractivity contribution in [2.45, 2.75) is 18.1 Å². The third kappa shape index (κ3) is 3.19. The summed E-state index contributed by atoms with van der Waals surface area (Å²) in [6, 6.07) is 9.86. The van der Waals surface area contributed by atoms with Gasteiger partial charge in [-0.1, -0.05) is 48.2 Å². The molecule has 1 aromatic heterocycles. The van der Waals surface area contributed by atoms with Gasteiger partial charge in [-0.2, -0.15) is 0 Å². The number of thioether (sulfide) groups is 1. The molecule has 2 aliphatic rings. The van der Waals surface area contributed by atoms with E-state index < -0.39 is 5.92 Å². The van der Waals surface area contributed by atoms with E-state index in [9.17, 15) is 9.59 Å². The van der Waals surface area contributed by atoms with Crippen LogP contribution in [-0.4, -0.2) is 43.7 Å². The third-order valence-corrected chi connectivity index (χ3v) is 5.97. The second kappa shape index (κ2) is 7.28. The van der Waals surface area contributed by atoms with Gasteiger partial charge in [-0.05, 0) is 12.2 Å². The Morgan fingerprint density at radius 1 is 1.33 bits per heavy atom. The number of amides is 2. The van der Waals surface area contributed by atoms with Crippen LogP contribution in [0, 0.1) is 5.92 Å². The van der Waals surface area contributed by atoms with Crippen LogP contribution in [0.15, 0.2) is 48.1 Å². The molecule has 1 atom stereocenters. The highest BCUT2D eigenvalue weighted by Crippen LogP contribution is 2.35. The van der Waals surface area contributed by atoms with Crippen LogP contribution in [0.25, 0.3) is 11.3 Å². The number of carbonyl (C=O) groups is 2. The molecule has 2 aliphatic heterocycles. The maximum Gasteiger partial charge on any atom is 0.242 e. The molecule has 2 aromatic rings. The third-order valence-electron chi connectivity index (χ3n) is 4.70. The molecule has 0 saturated carbocycles. The first-order valence-corrected chi connectivity index (χ1v) is 10.0. The normalized spacial score (nSPS) is 19.2. The first-order chi connectivity index (χ1) is 13.1. The smallest absolute Gasteiger partial charge is 0.242 e. The van der Waals surface area contributed by atoms with Crippen molar-refractivity contribution in [2.75, 3.05) is 12.3 Å². The summed E-state index contributed by atoms with van der Waals surface area (Å²) in [6.07, 6.45) is 1.89. The minimum absolute atomic E-state index is 0.138. The highest BCUT2D eigenvalue weighted by atomic mass is 32.2. The molecule has 0 bridgehead atoms. The fraction of sp³-hybridized carbons (Fsp3) is 0.263. The Hall–Kier alpha value is -2.45. The number of imidazole rings is 1. The Kier molecular flexibility index (Phi) is 4.84. The molecule has 2 amide bonds. The van der Waals surface area contributed by atoms with Gasteiger partial charge in [0.25, 0.3) is 0 Å². The van der Waals surface area contributed by atoms with Gasteiger partial charge in [0, 0.05) is 36.5 Å². The fourth-order valence-corrected chi connectivity index (χ4v) is 4.64. The summed E-state index contributed by atoms with van der Waals surface area (Å²) >= 11 is 6.83. The van der Waals surface area contributed by atoms with E-state index in [0.29, 0.717) is 6.42 Å². The number of aromatic nitrogens is 2. The molecule has 1 unspecified atom stereocenters. The molecule has 4 rings (SSSR count). The van der Waals surface area contributed by atoms with Crippen molar-refractivity contribution in [3.63, 3.8) is 0 Å². The number of rotatable bonds is 5. The van der Waals surface area contributed by atoms with Gasteiger partial charge >= 0.3 is 0 Å². The van der Waals surface area contributed by atoms with E-state index in [0.717, 1.165) is 34.4 Å². The number of fused-ring (bicyclic) bond motifs is 1. The monoisotopic (exact) mass is 398 g/mol. The van der Waals surface area contributed by atoms with Crippen LogP contribution >= 0.6 is 24.0 Å². The number of nitrogens with one attached hydrogen (secondary N) is 1. The summed E-state index contributed by atoms with van der Waals surface area (Å²) in [5, 5.41) is 3.72. The molecule has 8 heteroatoms. The van der Waals surface area contributed by atoms with E-state index in [1.165, 1.54) is 4.90 Å². The highest BCUT2D eigenvalue weighted by molar-refractivity contribution is 7.99. The van der Waals surface area contributed by atoms with E-state index >= 15 is 0 Å². The predicted octanol–water partition coefficient (Wildman–Crippen LogP) is 2.24. The van der Waals surface area contributed by atoms with E-state index in [2.05, 4.69) is 16.5 Å². The lowest BCUT2D eigenvalue weighted by atomic mass is 9.96. The number of carbonyl (C=O) groups excluding carboxylic acids is 2. The molecule has 0 radical (unpaired) electrons. The van der Waals surface area contributed by atoms with Crippen molar-refractivity contribution in [1.29, 1.82) is 0 Å². The van der Waals surface area contributed by atoms with Crippen LogP contribution in [-0.2, 0) is 22.6 Å². The second-order valence-electron chi connectivity index (χ2n) is 6.34. The fourth-order valence-electron chi connectivity index (χ4n) is 3.40. The number of thiocarbonyl (C=S) groups is 1. The number of benzene rings is 1. The molecular weight excluding hydrogens is 380 g/mol. The number of nitrogens with zero attached hydrogens (tertiary/aromatic N) is 3. The molecule has 3 heterocycles. The summed E-state index contributed by atoms with van der Waals surface area (Å²) in [4.78, 5) is 31.6. The maximum atomic E-state index is 12.9. The van der Waals surface area contributed by atoms with Crippen molar-refractivity contribution in [3.8, 4) is 11.3 Å². The summed E-state index contributed by atoms with van der Waals surface area (Å²) in [6.45, 7) is 4.77. The van der Waals surface area contributed by atoms with Crippen LogP contribution in [0.5, 0.6) is 0 Å². The summed E-state index contributed by atoms with van der Waals surface area (Å²) in [7, 11) is 0. The molecule has 1 aromatic carbocycles. The van der Waals surface area contributed by atoms with E-state index in [1.807, 2.05) is 30.3 Å². The number of hydrogen-bond acceptors (Lipinski definition) is 5. The van der Waals surface area contributed by atoms with Crippen molar-refractivity contribution in [2.24, 2.45) is 5.92 Å². The second-order valence-corrected chi connectivity index (χ2v) is 7.79. The number of hydrogen-bond donors (Lipinski definition) is 1. The zero-order valence-corrected chi connectivity index (χ0v) is 16.2. The zero-order chi connectivity index (χ0) is 19.0. The van der Waals surface area contributed by atoms with Crippen molar-refractivity contribution in [3.05, 3.63) is 48.7 Å². The largest absolute Gasteiger partial charge is 0.322 e. The molecular formula is C19H18N4O2S2.